The van der Waals surface area contributed by atoms with Gasteiger partial charge < -0.3 is 10.6 Å². The van der Waals surface area contributed by atoms with Crippen molar-refractivity contribution in [2.45, 2.75) is 33.1 Å². The number of carbonyl (C=O) groups excluding carboxylic acids is 1. The van der Waals surface area contributed by atoms with E-state index in [0.717, 1.165) is 24.3 Å². The maximum atomic E-state index is 12.2. The van der Waals surface area contributed by atoms with Crippen LogP contribution < -0.4 is 10.6 Å². The molecule has 3 nitrogen and oxygen atoms in total. The second-order valence-corrected chi connectivity index (χ2v) is 6.17. The highest BCUT2D eigenvalue weighted by Gasteiger charge is 2.22. The van der Waals surface area contributed by atoms with E-state index in [0.29, 0.717) is 23.3 Å². The van der Waals surface area contributed by atoms with Crippen LogP contribution in [-0.4, -0.2) is 19.0 Å². The third kappa shape index (κ3) is 3.97. The molecule has 4 heteroatoms. The lowest BCUT2D eigenvalue weighted by atomic mass is 9.85. The van der Waals surface area contributed by atoms with Crippen molar-refractivity contribution in [3.63, 3.8) is 0 Å². The van der Waals surface area contributed by atoms with Gasteiger partial charge in [0.25, 0.3) is 0 Å². The van der Waals surface area contributed by atoms with Gasteiger partial charge in [-0.1, -0.05) is 30.7 Å². The van der Waals surface area contributed by atoms with E-state index in [9.17, 15) is 4.79 Å². The van der Waals surface area contributed by atoms with Crippen LogP contribution in [0.1, 0.15) is 31.7 Å². The zero-order valence-corrected chi connectivity index (χ0v) is 13.0. The van der Waals surface area contributed by atoms with Crippen LogP contribution in [0.3, 0.4) is 0 Å². The number of hydrogen-bond donors (Lipinski definition) is 2. The van der Waals surface area contributed by atoms with E-state index in [1.807, 2.05) is 19.1 Å². The maximum absolute atomic E-state index is 12.2. The number of aryl methyl sites for hydroxylation is 1. The summed E-state index contributed by atoms with van der Waals surface area (Å²) in [6.07, 6.45) is 2.98. The molecule has 1 heterocycles. The number of rotatable bonds is 4. The van der Waals surface area contributed by atoms with Crippen LogP contribution in [-0.2, 0) is 4.79 Å². The Hall–Kier alpha value is -1.06. The van der Waals surface area contributed by atoms with E-state index < -0.39 is 0 Å². The van der Waals surface area contributed by atoms with Crippen LogP contribution in [0.4, 0.5) is 5.69 Å². The first-order valence-electron chi connectivity index (χ1n) is 7.33. The largest absolute Gasteiger partial charge is 0.325 e. The number of anilines is 1. The van der Waals surface area contributed by atoms with E-state index in [1.165, 1.54) is 12.8 Å². The lowest BCUT2D eigenvalue weighted by Crippen LogP contribution is -2.34. The Kier molecular flexibility index (Phi) is 5.44. The van der Waals surface area contributed by atoms with Gasteiger partial charge in [-0.3, -0.25) is 4.79 Å². The summed E-state index contributed by atoms with van der Waals surface area (Å²) in [4.78, 5) is 12.2. The van der Waals surface area contributed by atoms with Gasteiger partial charge in [0.2, 0.25) is 5.91 Å². The van der Waals surface area contributed by atoms with Crippen molar-refractivity contribution in [2.75, 3.05) is 18.4 Å². The normalized spacial score (nSPS) is 20.4. The van der Waals surface area contributed by atoms with Crippen LogP contribution >= 0.6 is 11.6 Å². The Bertz CT molecular complexity index is 449. The van der Waals surface area contributed by atoms with E-state index in [2.05, 4.69) is 17.6 Å². The zero-order chi connectivity index (χ0) is 14.5. The minimum absolute atomic E-state index is 0.0549. The first-order valence-corrected chi connectivity index (χ1v) is 7.71. The Morgan fingerprint density at radius 2 is 2.35 bits per heavy atom. The molecule has 0 aliphatic carbocycles. The number of para-hydroxylation sites is 1. The molecule has 1 saturated heterocycles. The van der Waals surface area contributed by atoms with Crippen molar-refractivity contribution in [1.82, 2.24) is 5.32 Å². The Balaban J connectivity index is 1.91. The molecule has 1 amide bonds. The van der Waals surface area contributed by atoms with Gasteiger partial charge in [0.05, 0.1) is 10.7 Å². The fourth-order valence-electron chi connectivity index (χ4n) is 2.80. The minimum atomic E-state index is 0.0549. The predicted molar refractivity (Wildman–Crippen MR) is 84.2 cm³/mol. The van der Waals surface area contributed by atoms with E-state index in [1.54, 1.807) is 6.07 Å². The highest BCUT2D eigenvalue weighted by molar-refractivity contribution is 6.33. The summed E-state index contributed by atoms with van der Waals surface area (Å²) in [5.41, 5.74) is 1.74. The fraction of sp³-hybridized carbons (Fsp3) is 0.562. The highest BCUT2D eigenvalue weighted by Crippen LogP contribution is 2.27. The smallest absolute Gasteiger partial charge is 0.224 e. The molecule has 2 unspecified atom stereocenters. The van der Waals surface area contributed by atoms with Crippen LogP contribution in [0.5, 0.6) is 0 Å². The number of benzene rings is 1. The van der Waals surface area contributed by atoms with Crippen LogP contribution in [0.2, 0.25) is 5.02 Å². The predicted octanol–water partition coefficient (Wildman–Crippen LogP) is 3.61. The zero-order valence-electron chi connectivity index (χ0n) is 12.2. The van der Waals surface area contributed by atoms with Gasteiger partial charge in [-0.25, -0.2) is 0 Å². The minimum Gasteiger partial charge on any atom is -0.325 e. The van der Waals surface area contributed by atoms with Gasteiger partial charge >= 0.3 is 0 Å². The third-order valence-electron chi connectivity index (χ3n) is 4.13. The second-order valence-electron chi connectivity index (χ2n) is 5.77. The number of amides is 1. The molecule has 1 aromatic rings. The van der Waals surface area contributed by atoms with Gasteiger partial charge in [-0.05, 0) is 56.3 Å². The molecule has 110 valence electrons. The standard InChI is InChI=1S/C16H23ClN2O/c1-11-5-3-7-14(17)16(11)19-15(20)9-12(2)13-6-4-8-18-10-13/h3,5,7,12-13,18H,4,6,8-10H2,1-2H3,(H,19,20). The molecule has 2 rings (SSSR count). The topological polar surface area (TPSA) is 41.1 Å². The van der Waals surface area contributed by atoms with Crippen molar-refractivity contribution in [3.8, 4) is 0 Å². The summed E-state index contributed by atoms with van der Waals surface area (Å²) in [5, 5.41) is 6.96. The first-order chi connectivity index (χ1) is 9.58. The van der Waals surface area contributed by atoms with Gasteiger partial charge in [0.1, 0.15) is 0 Å². The van der Waals surface area contributed by atoms with Crippen LogP contribution in [0.25, 0.3) is 0 Å². The summed E-state index contributed by atoms with van der Waals surface area (Å²) < 4.78 is 0. The molecule has 1 fully saturated rings. The average Bonchev–Trinajstić information content (AvgIpc) is 2.44. The van der Waals surface area contributed by atoms with Gasteiger partial charge in [0, 0.05) is 6.42 Å². The second kappa shape index (κ2) is 7.09. The van der Waals surface area contributed by atoms with Crippen molar-refractivity contribution >= 4 is 23.2 Å². The number of hydrogen-bond acceptors (Lipinski definition) is 2. The molecule has 1 aliphatic rings. The summed E-state index contributed by atoms with van der Waals surface area (Å²) in [6, 6.07) is 5.65. The van der Waals surface area contributed by atoms with E-state index in [4.69, 9.17) is 11.6 Å². The fourth-order valence-corrected chi connectivity index (χ4v) is 3.07. The third-order valence-corrected chi connectivity index (χ3v) is 4.45. The monoisotopic (exact) mass is 294 g/mol. The summed E-state index contributed by atoms with van der Waals surface area (Å²) in [7, 11) is 0. The quantitative estimate of drug-likeness (QED) is 0.890. The number of nitrogens with one attached hydrogen (secondary N) is 2. The average molecular weight is 295 g/mol. The lowest BCUT2D eigenvalue weighted by molar-refractivity contribution is -0.117. The molecule has 2 N–H and O–H groups in total. The van der Waals surface area contributed by atoms with Crippen molar-refractivity contribution in [2.24, 2.45) is 11.8 Å². The number of carbonyl (C=O) groups is 1. The molecule has 2 atom stereocenters. The van der Waals surface area contributed by atoms with Crippen molar-refractivity contribution < 1.29 is 4.79 Å². The Labute approximate surface area is 126 Å². The summed E-state index contributed by atoms with van der Waals surface area (Å²) >= 11 is 6.13. The van der Waals surface area contributed by atoms with Crippen molar-refractivity contribution in [3.05, 3.63) is 28.8 Å². The highest BCUT2D eigenvalue weighted by atomic mass is 35.5. The Morgan fingerprint density at radius 3 is 3.00 bits per heavy atom. The SMILES string of the molecule is Cc1cccc(Cl)c1NC(=O)CC(C)C1CCCNC1. The number of halogens is 1. The molecule has 0 bridgehead atoms. The first kappa shape index (κ1) is 15.3. The van der Waals surface area contributed by atoms with E-state index >= 15 is 0 Å². The van der Waals surface area contributed by atoms with Crippen molar-refractivity contribution in [1.29, 1.82) is 0 Å². The lowest BCUT2D eigenvalue weighted by Gasteiger charge is -2.28. The molecule has 1 aliphatic heterocycles. The van der Waals surface area contributed by atoms with Gasteiger partial charge in [-0.15, -0.1) is 0 Å². The van der Waals surface area contributed by atoms with Gasteiger partial charge in [-0.2, -0.15) is 0 Å². The molecule has 1 aromatic carbocycles. The molecule has 0 spiro atoms. The maximum Gasteiger partial charge on any atom is 0.224 e. The molecular formula is C16H23ClN2O. The van der Waals surface area contributed by atoms with Gasteiger partial charge in [0.15, 0.2) is 0 Å². The molecule has 0 aromatic heterocycles. The summed E-state index contributed by atoms with van der Waals surface area (Å²) in [6.45, 7) is 6.25. The number of piperidine rings is 1. The van der Waals surface area contributed by atoms with E-state index in [-0.39, 0.29) is 5.91 Å². The molecule has 0 radical (unpaired) electrons. The molecular weight excluding hydrogens is 272 g/mol. The van der Waals surface area contributed by atoms with Crippen LogP contribution in [0, 0.1) is 18.8 Å². The Morgan fingerprint density at radius 1 is 1.55 bits per heavy atom. The summed E-state index contributed by atoms with van der Waals surface area (Å²) in [5.74, 6) is 1.05. The molecule has 0 saturated carbocycles. The van der Waals surface area contributed by atoms with Crippen LogP contribution in [0.15, 0.2) is 18.2 Å². The molecule has 20 heavy (non-hydrogen) atoms.